The Morgan fingerprint density at radius 1 is 0.305 bits per heavy atom. The first kappa shape index (κ1) is 50.4. The van der Waals surface area contributed by atoms with Crippen LogP contribution in [0.25, 0.3) is 11.1 Å². The molecule has 0 nitrogen and oxygen atoms in total. The number of hydrogen-bond donors (Lipinski definition) is 0. The van der Waals surface area contributed by atoms with Crippen LogP contribution in [0.1, 0.15) is 177 Å². The molecule has 0 heterocycles. The second kappa shape index (κ2) is 13.9. The molecule has 2 aromatic carbocycles. The van der Waals surface area contributed by atoms with Crippen LogP contribution in [0.5, 0.6) is 0 Å². The van der Waals surface area contributed by atoms with Crippen molar-refractivity contribution in [3.63, 3.8) is 0 Å². The standard InChI is InChI=1S/C55H96Si4/c1-45(2,3)56(25,46(4,5)6)53-39-44(42-37-33-30-34-38-42)55(53,59(28,51(19,20)21)52(22,23)24)54(40-43(53)41-35-31-29-32-36-41,57(26,47(7,8)9)48(10,11)12)58(27,49(13,14)15)50(16,17)18/h29-40H,1-28H3/t53-,55-/m1/s1. The summed E-state index contributed by atoms with van der Waals surface area (Å²) >= 11 is 0. The molecule has 4 rings (SSSR count). The molecule has 0 bridgehead atoms. The van der Waals surface area contributed by atoms with Crippen molar-refractivity contribution in [3.8, 4) is 0 Å². The monoisotopic (exact) mass is 869 g/mol. The molecule has 59 heavy (non-hydrogen) atoms. The summed E-state index contributed by atoms with van der Waals surface area (Å²) in [6.07, 6.45) is 6.33. The van der Waals surface area contributed by atoms with E-state index in [1.807, 2.05) is 0 Å². The first-order valence-corrected chi connectivity index (χ1v) is 33.5. The van der Waals surface area contributed by atoms with E-state index in [1.165, 1.54) is 11.1 Å². The molecule has 0 N–H and O–H groups in total. The van der Waals surface area contributed by atoms with Crippen molar-refractivity contribution in [3.05, 3.63) is 83.9 Å². The van der Waals surface area contributed by atoms with Crippen molar-refractivity contribution < 1.29 is 0 Å². The van der Waals surface area contributed by atoms with E-state index in [-0.39, 0.29) is 55.0 Å². The van der Waals surface area contributed by atoms with Gasteiger partial charge in [-0.15, -0.1) is 0 Å². The minimum absolute atomic E-state index is 0.0528. The Labute approximate surface area is 372 Å². The minimum atomic E-state index is -2.77. The number of hydrogen-bond acceptors (Lipinski definition) is 0. The third kappa shape index (κ3) is 5.84. The molecule has 2 aromatic rings. The Morgan fingerprint density at radius 2 is 0.559 bits per heavy atom. The number of fused-ring (bicyclic) bond motifs is 1. The van der Waals surface area contributed by atoms with E-state index >= 15 is 0 Å². The van der Waals surface area contributed by atoms with Crippen LogP contribution in [0.2, 0.25) is 81.2 Å². The lowest BCUT2D eigenvalue weighted by Gasteiger charge is -2.86. The highest BCUT2D eigenvalue weighted by molar-refractivity contribution is 7.11. The minimum Gasteiger partial charge on any atom is -0.0785 e. The molecule has 0 radical (unpaired) electrons. The first-order chi connectivity index (χ1) is 25.9. The second-order valence-electron chi connectivity index (χ2n) is 28.7. The van der Waals surface area contributed by atoms with Gasteiger partial charge in [-0.1, -0.05) is 265 Å². The van der Waals surface area contributed by atoms with Gasteiger partial charge in [0.05, 0.1) is 32.3 Å². The maximum absolute atomic E-state index is 3.27. The van der Waals surface area contributed by atoms with Crippen molar-refractivity contribution in [2.24, 2.45) is 0 Å². The Morgan fingerprint density at radius 3 is 0.814 bits per heavy atom. The highest BCUT2D eigenvalue weighted by Crippen LogP contribution is 3.03. The van der Waals surface area contributed by atoms with E-state index in [1.54, 1.807) is 11.1 Å². The lowest BCUT2D eigenvalue weighted by Crippen LogP contribution is -2.83. The SMILES string of the molecule is CC(C)(C)[Si](C)(C(C)(C)C)C1([Si](C)(C(C)(C)C)C(C)(C)C)C=C(c2ccccc2)[C@]2([Si](C)(C(C)(C)C)C(C)(C)C)C=C(c3ccccc3)[C@]12[Si](C)(C(C)(C)C)C(C)(C)C. The summed E-state index contributed by atoms with van der Waals surface area (Å²) in [6.45, 7) is 77.0. The fraction of sp³-hybridized carbons (Fsp3) is 0.709. The zero-order chi connectivity index (χ0) is 46.3. The van der Waals surface area contributed by atoms with Gasteiger partial charge in [-0.3, -0.25) is 0 Å². The summed E-state index contributed by atoms with van der Waals surface area (Å²) in [5.74, 6) is 0. The summed E-state index contributed by atoms with van der Waals surface area (Å²) < 4.78 is -0.0998. The zero-order valence-corrected chi connectivity index (χ0v) is 48.4. The molecule has 4 heteroatoms. The lowest BCUT2D eigenvalue weighted by molar-refractivity contribution is 0.395. The van der Waals surface area contributed by atoms with E-state index in [4.69, 9.17) is 0 Å². The van der Waals surface area contributed by atoms with Crippen molar-refractivity contribution in [1.29, 1.82) is 0 Å². The van der Waals surface area contributed by atoms with Gasteiger partial charge in [0.1, 0.15) is 0 Å². The summed E-state index contributed by atoms with van der Waals surface area (Å²) in [6, 6.07) is 24.1. The molecule has 0 saturated carbocycles. The van der Waals surface area contributed by atoms with Gasteiger partial charge in [-0.05, 0) is 67.2 Å². The molecule has 0 aliphatic heterocycles. The van der Waals surface area contributed by atoms with Crippen molar-refractivity contribution in [1.82, 2.24) is 0 Å². The predicted molar refractivity (Wildman–Crippen MR) is 281 cm³/mol. The van der Waals surface area contributed by atoms with Crippen LogP contribution >= 0.6 is 0 Å². The van der Waals surface area contributed by atoms with E-state index in [0.717, 1.165) is 0 Å². The van der Waals surface area contributed by atoms with Gasteiger partial charge < -0.3 is 0 Å². The Balaban J connectivity index is 2.90. The molecule has 0 amide bonds. The van der Waals surface area contributed by atoms with E-state index in [9.17, 15) is 0 Å². The smallest absolute Gasteiger partial charge is 0.0779 e. The number of benzene rings is 2. The summed E-state index contributed by atoms with van der Waals surface area (Å²) in [5.41, 5.74) is 6.40. The third-order valence-corrected chi connectivity index (χ3v) is 56.9. The quantitative estimate of drug-likeness (QED) is 0.254. The molecule has 332 valence electrons. The fourth-order valence-corrected chi connectivity index (χ4v) is 55.7. The van der Waals surface area contributed by atoms with Gasteiger partial charge in [0.2, 0.25) is 0 Å². The Bertz CT molecular complexity index is 1830. The molecule has 0 unspecified atom stereocenters. The molecule has 2 aliphatic carbocycles. The number of rotatable bonds is 6. The van der Waals surface area contributed by atoms with Crippen LogP contribution in [0.4, 0.5) is 0 Å². The van der Waals surface area contributed by atoms with Crippen LogP contribution < -0.4 is 0 Å². The third-order valence-electron chi connectivity index (χ3n) is 20.0. The molecule has 0 spiro atoms. The van der Waals surface area contributed by atoms with Crippen molar-refractivity contribution in [2.45, 2.75) is 247 Å². The van der Waals surface area contributed by atoms with Gasteiger partial charge in [0.15, 0.2) is 0 Å². The summed E-state index contributed by atoms with van der Waals surface area (Å²) in [7, 11) is -10.8. The topological polar surface area (TPSA) is 0 Å². The van der Waals surface area contributed by atoms with E-state index in [0.29, 0.717) is 0 Å². The van der Waals surface area contributed by atoms with E-state index in [2.05, 4.69) is 265 Å². The van der Waals surface area contributed by atoms with Gasteiger partial charge in [0, 0.05) is 10.1 Å². The molecular weight excluding hydrogens is 773 g/mol. The van der Waals surface area contributed by atoms with E-state index < -0.39 is 32.3 Å². The largest absolute Gasteiger partial charge is 0.0785 e. The predicted octanol–water partition coefficient (Wildman–Crippen LogP) is 19.7. The Hall–Kier alpha value is -1.21. The second-order valence-corrected chi connectivity index (χ2v) is 53.3. The molecule has 0 aromatic heterocycles. The summed E-state index contributed by atoms with van der Waals surface area (Å²) in [4.78, 5) is 0. The molecular formula is C55H96Si4. The van der Waals surface area contributed by atoms with Crippen molar-refractivity contribution in [2.75, 3.05) is 0 Å². The van der Waals surface area contributed by atoms with Gasteiger partial charge in [0.25, 0.3) is 0 Å². The van der Waals surface area contributed by atoms with Crippen LogP contribution in [-0.2, 0) is 0 Å². The highest BCUT2D eigenvalue weighted by atomic mass is 28.4. The first-order valence-electron chi connectivity index (χ1n) is 23.5. The van der Waals surface area contributed by atoms with Gasteiger partial charge >= 0.3 is 0 Å². The van der Waals surface area contributed by atoms with Gasteiger partial charge in [-0.25, -0.2) is 0 Å². The van der Waals surface area contributed by atoms with Gasteiger partial charge in [-0.2, -0.15) is 0 Å². The van der Waals surface area contributed by atoms with Crippen LogP contribution in [0.15, 0.2) is 72.8 Å². The van der Waals surface area contributed by atoms with Crippen LogP contribution in [0.3, 0.4) is 0 Å². The number of allylic oxidation sites excluding steroid dienone is 4. The van der Waals surface area contributed by atoms with Crippen molar-refractivity contribution >= 4 is 43.4 Å². The summed E-state index contributed by atoms with van der Waals surface area (Å²) in [5, 5.41) is 0.223. The molecule has 2 aliphatic rings. The average molecular weight is 870 g/mol. The Kier molecular flexibility index (Phi) is 11.9. The maximum Gasteiger partial charge on any atom is 0.0779 e. The highest BCUT2D eigenvalue weighted by Gasteiger charge is 2.94. The maximum atomic E-state index is 3.27. The van der Waals surface area contributed by atoms with Crippen LogP contribution in [0, 0.1) is 0 Å². The normalized spacial score (nSPS) is 23.1. The average Bonchev–Trinajstić information content (AvgIpc) is 3.23. The zero-order valence-electron chi connectivity index (χ0n) is 44.4. The molecule has 0 fully saturated rings. The van der Waals surface area contributed by atoms with Crippen LogP contribution in [-0.4, -0.2) is 32.3 Å². The molecule has 2 atom stereocenters. The molecule has 0 saturated heterocycles. The lowest BCUT2D eigenvalue weighted by atomic mass is 9.67. The fourth-order valence-electron chi connectivity index (χ4n) is 16.2.